The first kappa shape index (κ1) is 13.3. The molecule has 0 spiro atoms. The van der Waals surface area contributed by atoms with Crippen molar-refractivity contribution in [2.75, 3.05) is 5.32 Å². The molecule has 1 amide bonds. The Labute approximate surface area is 109 Å². The van der Waals surface area contributed by atoms with Crippen molar-refractivity contribution >= 4 is 17.3 Å². The summed E-state index contributed by atoms with van der Waals surface area (Å²) in [4.78, 5) is 22.1. The zero-order valence-corrected chi connectivity index (χ0v) is 10.4. The summed E-state index contributed by atoms with van der Waals surface area (Å²) >= 11 is 0. The number of nitro groups is 1. The summed E-state index contributed by atoms with van der Waals surface area (Å²) in [6, 6.07) is 3.43. The Morgan fingerprint density at radius 3 is 2.74 bits per heavy atom. The van der Waals surface area contributed by atoms with Crippen molar-refractivity contribution in [3.05, 3.63) is 28.3 Å². The highest BCUT2D eigenvalue weighted by atomic mass is 16.6. The van der Waals surface area contributed by atoms with E-state index in [2.05, 4.69) is 5.32 Å². The average Bonchev–Trinajstić information content (AvgIpc) is 3.15. The van der Waals surface area contributed by atoms with Gasteiger partial charge in [-0.2, -0.15) is 0 Å². The maximum atomic E-state index is 12.0. The average molecular weight is 265 g/mol. The van der Waals surface area contributed by atoms with Crippen LogP contribution in [-0.4, -0.2) is 21.5 Å². The van der Waals surface area contributed by atoms with Crippen LogP contribution in [0.25, 0.3) is 0 Å². The zero-order chi connectivity index (χ0) is 14.2. The molecule has 1 aromatic carbocycles. The van der Waals surface area contributed by atoms with E-state index in [9.17, 15) is 20.0 Å². The predicted molar refractivity (Wildman–Crippen MR) is 68.7 cm³/mol. The monoisotopic (exact) mass is 265 g/mol. The molecule has 19 heavy (non-hydrogen) atoms. The molecule has 0 radical (unpaired) electrons. The smallest absolute Gasteiger partial charge is 0.271 e. The van der Waals surface area contributed by atoms with Crippen LogP contribution >= 0.6 is 0 Å². The Morgan fingerprint density at radius 2 is 2.21 bits per heavy atom. The van der Waals surface area contributed by atoms with Crippen LogP contribution in [0.2, 0.25) is 0 Å². The number of nitrogens with two attached hydrogens (primary N) is 1. The number of benzene rings is 1. The molecule has 1 aliphatic rings. The highest BCUT2D eigenvalue weighted by molar-refractivity contribution is 5.99. The van der Waals surface area contributed by atoms with Crippen LogP contribution in [0.1, 0.15) is 19.8 Å². The lowest BCUT2D eigenvalue weighted by Gasteiger charge is -2.23. The molecule has 1 atom stereocenters. The van der Waals surface area contributed by atoms with E-state index in [0.717, 1.165) is 25.0 Å². The van der Waals surface area contributed by atoms with Crippen molar-refractivity contribution in [2.45, 2.75) is 25.3 Å². The molecule has 1 saturated carbocycles. The fraction of sp³-hybridized carbons (Fsp3) is 0.417. The van der Waals surface area contributed by atoms with E-state index >= 15 is 0 Å². The molecule has 0 heterocycles. The van der Waals surface area contributed by atoms with Gasteiger partial charge in [0.15, 0.2) is 0 Å². The third-order valence-electron chi connectivity index (χ3n) is 3.35. The van der Waals surface area contributed by atoms with E-state index in [-0.39, 0.29) is 23.0 Å². The number of anilines is 1. The molecular weight excluding hydrogens is 250 g/mol. The quantitative estimate of drug-likeness (QED) is 0.431. The van der Waals surface area contributed by atoms with Gasteiger partial charge < -0.3 is 16.2 Å². The number of phenolic OH excluding ortho intramolecular Hbond substituents is 1. The standard InChI is InChI=1S/C12H15N3O4/c1-12(13,7-2-3-7)11(17)14-9-6-8(15(18)19)4-5-10(9)16/h4-7,16H,2-3,13H2,1H3,(H,14,17). The fourth-order valence-electron chi connectivity index (χ4n) is 1.86. The number of carbonyl (C=O) groups excluding carboxylic acids is 1. The molecule has 7 nitrogen and oxygen atoms in total. The van der Waals surface area contributed by atoms with Gasteiger partial charge in [0.25, 0.3) is 5.69 Å². The van der Waals surface area contributed by atoms with Gasteiger partial charge in [0, 0.05) is 12.1 Å². The van der Waals surface area contributed by atoms with E-state index < -0.39 is 16.4 Å². The third kappa shape index (κ3) is 2.65. The van der Waals surface area contributed by atoms with Crippen LogP contribution in [0.5, 0.6) is 5.75 Å². The number of amides is 1. The first-order chi connectivity index (χ1) is 8.82. The van der Waals surface area contributed by atoms with Crippen LogP contribution in [0.4, 0.5) is 11.4 Å². The van der Waals surface area contributed by atoms with Gasteiger partial charge in [-0.1, -0.05) is 0 Å². The van der Waals surface area contributed by atoms with Crippen molar-refractivity contribution in [2.24, 2.45) is 11.7 Å². The highest BCUT2D eigenvalue weighted by Gasteiger charge is 2.44. The third-order valence-corrected chi connectivity index (χ3v) is 3.35. The van der Waals surface area contributed by atoms with Gasteiger partial charge in [0.2, 0.25) is 5.91 Å². The van der Waals surface area contributed by atoms with Crippen LogP contribution in [0.3, 0.4) is 0 Å². The Hall–Kier alpha value is -2.15. The molecule has 4 N–H and O–H groups in total. The summed E-state index contributed by atoms with van der Waals surface area (Å²) in [5.41, 5.74) is 4.69. The number of nitrogens with one attached hydrogen (secondary N) is 1. The van der Waals surface area contributed by atoms with Crippen LogP contribution in [0.15, 0.2) is 18.2 Å². The SMILES string of the molecule is CC(N)(C(=O)Nc1cc([N+](=O)[O-])ccc1O)C1CC1. The maximum Gasteiger partial charge on any atom is 0.271 e. The second kappa shape index (κ2) is 4.51. The summed E-state index contributed by atoms with van der Waals surface area (Å²) in [6.07, 6.45) is 1.78. The number of aromatic hydroxyl groups is 1. The van der Waals surface area contributed by atoms with Crippen LogP contribution in [-0.2, 0) is 4.79 Å². The largest absolute Gasteiger partial charge is 0.506 e. The van der Waals surface area contributed by atoms with Gasteiger partial charge in [-0.25, -0.2) is 0 Å². The van der Waals surface area contributed by atoms with Gasteiger partial charge in [-0.3, -0.25) is 14.9 Å². The molecule has 0 bridgehead atoms. The fourth-order valence-corrected chi connectivity index (χ4v) is 1.86. The maximum absolute atomic E-state index is 12.0. The van der Waals surface area contributed by atoms with Crippen LogP contribution in [0, 0.1) is 16.0 Å². The molecule has 0 saturated heterocycles. The minimum Gasteiger partial charge on any atom is -0.506 e. The van der Waals surface area contributed by atoms with Crippen LogP contribution < -0.4 is 11.1 Å². The zero-order valence-electron chi connectivity index (χ0n) is 10.4. The van der Waals surface area contributed by atoms with E-state index in [1.165, 1.54) is 6.07 Å². The van der Waals surface area contributed by atoms with E-state index in [4.69, 9.17) is 5.73 Å². The Morgan fingerprint density at radius 1 is 1.58 bits per heavy atom. The molecule has 1 fully saturated rings. The molecule has 1 aromatic rings. The normalized spacial score (nSPS) is 17.6. The number of hydrogen-bond acceptors (Lipinski definition) is 5. The van der Waals surface area contributed by atoms with Gasteiger partial charge in [-0.05, 0) is 31.7 Å². The van der Waals surface area contributed by atoms with Crippen molar-refractivity contribution in [1.82, 2.24) is 0 Å². The lowest BCUT2D eigenvalue weighted by atomic mass is 9.96. The number of hydrogen-bond donors (Lipinski definition) is 3. The van der Waals surface area contributed by atoms with E-state index in [1.807, 2.05) is 0 Å². The molecule has 7 heteroatoms. The second-order valence-electron chi connectivity index (χ2n) is 4.97. The number of rotatable bonds is 4. The summed E-state index contributed by atoms with van der Waals surface area (Å²) in [7, 11) is 0. The Kier molecular flexibility index (Phi) is 3.15. The summed E-state index contributed by atoms with van der Waals surface area (Å²) in [5.74, 6) is -0.565. The number of non-ortho nitro benzene ring substituents is 1. The van der Waals surface area contributed by atoms with Crippen molar-refractivity contribution in [1.29, 1.82) is 0 Å². The lowest BCUT2D eigenvalue weighted by molar-refractivity contribution is -0.384. The molecule has 0 aromatic heterocycles. The van der Waals surface area contributed by atoms with Gasteiger partial charge in [0.1, 0.15) is 5.75 Å². The van der Waals surface area contributed by atoms with Gasteiger partial charge in [-0.15, -0.1) is 0 Å². The molecule has 1 aliphatic carbocycles. The first-order valence-corrected chi connectivity index (χ1v) is 5.90. The lowest BCUT2D eigenvalue weighted by Crippen LogP contribution is -2.50. The van der Waals surface area contributed by atoms with E-state index in [1.54, 1.807) is 6.92 Å². The molecule has 102 valence electrons. The molecule has 2 rings (SSSR count). The predicted octanol–water partition coefficient (Wildman–Crippen LogP) is 1.37. The van der Waals surface area contributed by atoms with Gasteiger partial charge in [0.05, 0.1) is 16.1 Å². The number of phenols is 1. The number of nitrogens with zero attached hydrogens (tertiary/aromatic N) is 1. The van der Waals surface area contributed by atoms with Crippen molar-refractivity contribution < 1.29 is 14.8 Å². The molecule has 0 aliphatic heterocycles. The number of nitro benzene ring substituents is 1. The number of carbonyl (C=O) groups is 1. The Bertz CT molecular complexity index is 538. The minimum absolute atomic E-state index is 0.00322. The summed E-state index contributed by atoms with van der Waals surface area (Å²) in [5, 5.41) is 22.7. The van der Waals surface area contributed by atoms with E-state index in [0.29, 0.717) is 0 Å². The topological polar surface area (TPSA) is 118 Å². The summed E-state index contributed by atoms with van der Waals surface area (Å²) < 4.78 is 0. The molecule has 1 unspecified atom stereocenters. The van der Waals surface area contributed by atoms with Crippen molar-refractivity contribution in [3.63, 3.8) is 0 Å². The van der Waals surface area contributed by atoms with Crippen molar-refractivity contribution in [3.8, 4) is 5.75 Å². The molecular formula is C12H15N3O4. The Balaban J connectivity index is 2.20. The minimum atomic E-state index is -1.03. The van der Waals surface area contributed by atoms with Gasteiger partial charge >= 0.3 is 0 Å². The highest BCUT2D eigenvalue weighted by Crippen LogP contribution is 2.39. The summed E-state index contributed by atoms with van der Waals surface area (Å²) in [6.45, 7) is 1.62. The first-order valence-electron chi connectivity index (χ1n) is 5.90. The second-order valence-corrected chi connectivity index (χ2v) is 4.97.